The van der Waals surface area contributed by atoms with E-state index >= 15 is 0 Å². The fourth-order valence-corrected chi connectivity index (χ4v) is 2.98. The highest BCUT2D eigenvalue weighted by Gasteiger charge is 2.27. The normalized spacial score (nSPS) is 23.5. The van der Waals surface area contributed by atoms with Crippen LogP contribution in [-0.4, -0.2) is 84.2 Å². The number of likely N-dealkylation sites (tertiary alicyclic amines) is 1. The monoisotopic (exact) mass is 326 g/mol. The number of nitrogens with two attached hydrogens (primary N) is 1. The van der Waals surface area contributed by atoms with Crippen molar-refractivity contribution < 1.29 is 14.3 Å². The summed E-state index contributed by atoms with van der Waals surface area (Å²) >= 11 is 0. The van der Waals surface area contributed by atoms with E-state index in [0.717, 1.165) is 32.6 Å². The first kappa shape index (κ1) is 18.0. The van der Waals surface area contributed by atoms with Crippen LogP contribution < -0.4 is 5.73 Å². The Bertz CT molecular complexity index is 428. The quantitative estimate of drug-likeness (QED) is 0.813. The second-order valence-electron chi connectivity index (χ2n) is 7.47. The van der Waals surface area contributed by atoms with Crippen molar-refractivity contribution in [3.63, 3.8) is 0 Å². The van der Waals surface area contributed by atoms with Crippen LogP contribution in [0, 0.1) is 0 Å². The van der Waals surface area contributed by atoms with E-state index in [-0.39, 0.29) is 18.0 Å². The Labute approximate surface area is 138 Å². The smallest absolute Gasteiger partial charge is 0.410 e. The van der Waals surface area contributed by atoms with Crippen LogP contribution >= 0.6 is 0 Å². The van der Waals surface area contributed by atoms with Crippen LogP contribution in [0.25, 0.3) is 0 Å². The average Bonchev–Trinajstić information content (AvgIpc) is 2.76. The molecule has 1 atom stereocenters. The van der Waals surface area contributed by atoms with Gasteiger partial charge in [0.05, 0.1) is 0 Å². The lowest BCUT2D eigenvalue weighted by atomic mass is 10.2. The lowest BCUT2D eigenvalue weighted by Crippen LogP contribution is -2.50. The van der Waals surface area contributed by atoms with Crippen LogP contribution in [0.1, 0.15) is 33.6 Å². The molecule has 2 aliphatic rings. The van der Waals surface area contributed by atoms with Gasteiger partial charge in [0.15, 0.2) is 0 Å². The summed E-state index contributed by atoms with van der Waals surface area (Å²) in [7, 11) is 0. The number of carbonyl (C=O) groups is 2. The van der Waals surface area contributed by atoms with Gasteiger partial charge in [0, 0.05) is 51.7 Å². The topological polar surface area (TPSA) is 79.1 Å². The second kappa shape index (κ2) is 7.49. The van der Waals surface area contributed by atoms with Crippen molar-refractivity contribution in [2.75, 3.05) is 45.8 Å². The number of hydrogen-bond donors (Lipinski definition) is 1. The Morgan fingerprint density at radius 3 is 2.39 bits per heavy atom. The molecule has 2 rings (SSSR count). The zero-order valence-electron chi connectivity index (χ0n) is 14.6. The molecule has 0 bridgehead atoms. The number of piperazine rings is 1. The summed E-state index contributed by atoms with van der Waals surface area (Å²) in [5, 5.41) is 0. The Morgan fingerprint density at radius 1 is 1.22 bits per heavy atom. The maximum Gasteiger partial charge on any atom is 0.410 e. The van der Waals surface area contributed by atoms with E-state index in [1.807, 2.05) is 25.7 Å². The maximum atomic E-state index is 12.0. The average molecular weight is 326 g/mol. The standard InChI is InChI=1S/C16H30N4O3/c1-16(2,3)23-15(22)19-9-7-18(8-10-19)5-4-6-20-12-13(17)11-14(20)21/h13H,4-12,17H2,1-3H3. The van der Waals surface area contributed by atoms with Gasteiger partial charge in [-0.15, -0.1) is 0 Å². The van der Waals surface area contributed by atoms with Gasteiger partial charge in [-0.25, -0.2) is 4.79 Å². The van der Waals surface area contributed by atoms with Gasteiger partial charge in [-0.3, -0.25) is 9.69 Å². The van der Waals surface area contributed by atoms with Crippen LogP contribution in [-0.2, 0) is 9.53 Å². The molecule has 0 aromatic heterocycles. The van der Waals surface area contributed by atoms with Gasteiger partial charge in [-0.1, -0.05) is 0 Å². The summed E-state index contributed by atoms with van der Waals surface area (Å²) in [4.78, 5) is 29.6. The highest BCUT2D eigenvalue weighted by Crippen LogP contribution is 2.13. The van der Waals surface area contributed by atoms with Gasteiger partial charge < -0.3 is 20.3 Å². The summed E-state index contributed by atoms with van der Waals surface area (Å²) in [5.74, 6) is 0.173. The van der Waals surface area contributed by atoms with Crippen molar-refractivity contribution >= 4 is 12.0 Å². The van der Waals surface area contributed by atoms with Crippen molar-refractivity contribution in [2.24, 2.45) is 5.73 Å². The van der Waals surface area contributed by atoms with Gasteiger partial charge >= 0.3 is 6.09 Å². The summed E-state index contributed by atoms with van der Waals surface area (Å²) in [6.45, 7) is 11.2. The molecule has 0 aliphatic carbocycles. The molecule has 2 heterocycles. The van der Waals surface area contributed by atoms with E-state index in [4.69, 9.17) is 10.5 Å². The van der Waals surface area contributed by atoms with Gasteiger partial charge in [0.1, 0.15) is 5.60 Å². The molecule has 2 aliphatic heterocycles. The number of ether oxygens (including phenoxy) is 1. The zero-order chi connectivity index (χ0) is 17.0. The molecular weight excluding hydrogens is 296 g/mol. The van der Waals surface area contributed by atoms with Crippen molar-refractivity contribution in [3.05, 3.63) is 0 Å². The SMILES string of the molecule is CC(C)(C)OC(=O)N1CCN(CCCN2CC(N)CC2=O)CC1. The number of rotatable bonds is 4. The third-order valence-electron chi connectivity index (χ3n) is 4.17. The Kier molecular flexibility index (Phi) is 5.86. The second-order valence-corrected chi connectivity index (χ2v) is 7.47. The van der Waals surface area contributed by atoms with Gasteiger partial charge in [0.2, 0.25) is 5.91 Å². The summed E-state index contributed by atoms with van der Waals surface area (Å²) < 4.78 is 5.40. The summed E-state index contributed by atoms with van der Waals surface area (Å²) in [6.07, 6.45) is 1.20. The number of carbonyl (C=O) groups excluding carboxylic acids is 2. The summed E-state index contributed by atoms with van der Waals surface area (Å²) in [6, 6.07) is -0.000117. The maximum absolute atomic E-state index is 12.0. The Hall–Kier alpha value is -1.34. The van der Waals surface area contributed by atoms with E-state index < -0.39 is 5.60 Å². The highest BCUT2D eigenvalue weighted by atomic mass is 16.6. The molecule has 7 heteroatoms. The minimum atomic E-state index is -0.447. The molecule has 0 saturated carbocycles. The molecule has 0 spiro atoms. The Morgan fingerprint density at radius 2 is 1.87 bits per heavy atom. The molecule has 0 aromatic carbocycles. The van der Waals surface area contributed by atoms with Crippen molar-refractivity contribution in [3.8, 4) is 0 Å². The molecule has 7 nitrogen and oxygen atoms in total. The van der Waals surface area contributed by atoms with Gasteiger partial charge in [-0.2, -0.15) is 0 Å². The molecule has 2 saturated heterocycles. The van der Waals surface area contributed by atoms with Crippen molar-refractivity contribution in [1.29, 1.82) is 0 Å². The summed E-state index contributed by atoms with van der Waals surface area (Å²) in [5.41, 5.74) is 5.35. The number of amides is 2. The fraction of sp³-hybridized carbons (Fsp3) is 0.875. The van der Waals surface area contributed by atoms with Crippen LogP contribution in [0.5, 0.6) is 0 Å². The molecule has 0 aromatic rings. The predicted octanol–water partition coefficient (Wildman–Crippen LogP) is 0.489. The molecule has 132 valence electrons. The highest BCUT2D eigenvalue weighted by molar-refractivity contribution is 5.79. The zero-order valence-corrected chi connectivity index (χ0v) is 14.6. The minimum absolute atomic E-state index is 0.000117. The molecule has 0 radical (unpaired) electrons. The lowest BCUT2D eigenvalue weighted by molar-refractivity contribution is -0.127. The predicted molar refractivity (Wildman–Crippen MR) is 88.0 cm³/mol. The van der Waals surface area contributed by atoms with E-state index in [0.29, 0.717) is 26.1 Å². The van der Waals surface area contributed by atoms with E-state index in [1.165, 1.54) is 0 Å². The minimum Gasteiger partial charge on any atom is -0.444 e. The van der Waals surface area contributed by atoms with E-state index in [1.54, 1.807) is 4.90 Å². The van der Waals surface area contributed by atoms with Gasteiger partial charge in [0.25, 0.3) is 0 Å². The first-order valence-corrected chi connectivity index (χ1v) is 8.48. The Balaban J connectivity index is 1.63. The van der Waals surface area contributed by atoms with Crippen LogP contribution in [0.4, 0.5) is 4.79 Å². The fourth-order valence-electron chi connectivity index (χ4n) is 2.98. The van der Waals surface area contributed by atoms with E-state index in [9.17, 15) is 9.59 Å². The molecule has 2 N–H and O–H groups in total. The van der Waals surface area contributed by atoms with Gasteiger partial charge in [-0.05, 0) is 33.7 Å². The largest absolute Gasteiger partial charge is 0.444 e. The number of hydrogen-bond acceptors (Lipinski definition) is 5. The first-order chi connectivity index (χ1) is 10.7. The van der Waals surface area contributed by atoms with Crippen molar-refractivity contribution in [2.45, 2.75) is 45.3 Å². The molecule has 1 unspecified atom stereocenters. The number of nitrogens with zero attached hydrogens (tertiary/aromatic N) is 3. The van der Waals surface area contributed by atoms with Crippen LogP contribution in [0.3, 0.4) is 0 Å². The molecule has 23 heavy (non-hydrogen) atoms. The lowest BCUT2D eigenvalue weighted by Gasteiger charge is -2.35. The molecule has 2 fully saturated rings. The van der Waals surface area contributed by atoms with Crippen LogP contribution in [0.15, 0.2) is 0 Å². The molecular formula is C16H30N4O3. The third-order valence-corrected chi connectivity index (χ3v) is 4.17. The van der Waals surface area contributed by atoms with Crippen molar-refractivity contribution in [1.82, 2.24) is 14.7 Å². The van der Waals surface area contributed by atoms with E-state index in [2.05, 4.69) is 4.90 Å². The third kappa shape index (κ3) is 5.66. The first-order valence-electron chi connectivity index (χ1n) is 8.48. The van der Waals surface area contributed by atoms with Crippen LogP contribution in [0.2, 0.25) is 0 Å². The molecule has 2 amide bonds.